The van der Waals surface area contributed by atoms with Gasteiger partial charge >= 0.3 is 5.97 Å². The van der Waals surface area contributed by atoms with E-state index in [2.05, 4.69) is 10.2 Å². The van der Waals surface area contributed by atoms with Gasteiger partial charge in [-0.15, -0.1) is 0 Å². The SMILES string of the molecule is COC[C@@H]1C[C@@H](OC)CN1[C@@H]1C=C(C(=O)O)C[C@H](N)[C@H]1NC(C)=O. The van der Waals surface area contributed by atoms with E-state index in [1.54, 1.807) is 20.3 Å². The summed E-state index contributed by atoms with van der Waals surface area (Å²) in [5, 5.41) is 12.3. The van der Waals surface area contributed by atoms with Crippen LogP contribution in [0.4, 0.5) is 0 Å². The third kappa shape index (κ3) is 4.13. The van der Waals surface area contributed by atoms with Crippen molar-refractivity contribution in [1.82, 2.24) is 10.2 Å². The Kier molecular flexibility index (Phi) is 6.34. The first-order chi connectivity index (χ1) is 11.4. The van der Waals surface area contributed by atoms with Gasteiger partial charge in [0.1, 0.15) is 0 Å². The molecule has 1 aliphatic carbocycles. The lowest BCUT2D eigenvalue weighted by atomic mass is 9.85. The van der Waals surface area contributed by atoms with Crippen molar-refractivity contribution in [3.05, 3.63) is 11.6 Å². The van der Waals surface area contributed by atoms with Crippen molar-refractivity contribution in [2.24, 2.45) is 5.73 Å². The van der Waals surface area contributed by atoms with Crippen LogP contribution < -0.4 is 11.1 Å². The Morgan fingerprint density at radius 1 is 1.46 bits per heavy atom. The van der Waals surface area contributed by atoms with Crippen LogP contribution in [-0.2, 0) is 19.1 Å². The van der Waals surface area contributed by atoms with E-state index in [0.29, 0.717) is 13.2 Å². The molecular weight excluding hydrogens is 314 g/mol. The van der Waals surface area contributed by atoms with Gasteiger partial charge in [0.15, 0.2) is 0 Å². The monoisotopic (exact) mass is 341 g/mol. The largest absolute Gasteiger partial charge is 0.478 e. The minimum atomic E-state index is -0.970. The molecule has 2 rings (SSSR count). The molecule has 0 aromatic rings. The second kappa shape index (κ2) is 8.06. The molecule has 2 aliphatic rings. The number of nitrogens with zero attached hydrogens (tertiary/aromatic N) is 1. The van der Waals surface area contributed by atoms with Crippen LogP contribution >= 0.6 is 0 Å². The number of nitrogens with one attached hydrogen (secondary N) is 1. The molecule has 0 aromatic carbocycles. The number of methoxy groups -OCH3 is 2. The Morgan fingerprint density at radius 3 is 2.71 bits per heavy atom. The second-order valence-corrected chi connectivity index (χ2v) is 6.48. The van der Waals surface area contributed by atoms with Crippen molar-refractivity contribution in [2.45, 2.75) is 50.0 Å². The summed E-state index contributed by atoms with van der Waals surface area (Å²) in [6.45, 7) is 2.59. The molecule has 1 fully saturated rings. The van der Waals surface area contributed by atoms with Gasteiger partial charge in [0.25, 0.3) is 0 Å². The van der Waals surface area contributed by atoms with Crippen LogP contribution in [0.2, 0.25) is 0 Å². The van der Waals surface area contributed by atoms with Crippen LogP contribution in [0.15, 0.2) is 11.6 Å². The van der Waals surface area contributed by atoms with E-state index in [0.717, 1.165) is 6.42 Å². The Labute approximate surface area is 142 Å². The molecule has 136 valence electrons. The summed E-state index contributed by atoms with van der Waals surface area (Å²) in [7, 11) is 3.29. The highest BCUT2D eigenvalue weighted by atomic mass is 16.5. The number of carbonyl (C=O) groups excluding carboxylic acids is 1. The first kappa shape index (κ1) is 18.9. The standard InChI is InChI=1S/C16H27N3O5/c1-9(20)18-15-13(17)4-10(16(21)22)5-14(15)19-7-12(24-3)6-11(19)8-23-2/h5,11-15H,4,6-8,17H2,1-3H3,(H,18,20)(H,21,22)/t11-,12+,13-,14+,15+/m0/s1. The van der Waals surface area contributed by atoms with Gasteiger partial charge in [0, 0.05) is 45.3 Å². The number of carboxylic acids is 1. The van der Waals surface area contributed by atoms with Crippen molar-refractivity contribution < 1.29 is 24.2 Å². The van der Waals surface area contributed by atoms with Gasteiger partial charge in [-0.3, -0.25) is 9.69 Å². The van der Waals surface area contributed by atoms with Gasteiger partial charge < -0.3 is 25.6 Å². The number of nitrogens with two attached hydrogens (primary N) is 1. The lowest BCUT2D eigenvalue weighted by molar-refractivity contribution is -0.133. The van der Waals surface area contributed by atoms with E-state index in [9.17, 15) is 14.7 Å². The number of ether oxygens (including phenoxy) is 2. The molecule has 8 heteroatoms. The number of carboxylic acid groups (broad SMARTS) is 1. The molecule has 1 aliphatic heterocycles. The van der Waals surface area contributed by atoms with Crippen LogP contribution in [0.25, 0.3) is 0 Å². The fourth-order valence-electron chi connectivity index (χ4n) is 3.69. The molecular formula is C16H27N3O5. The molecule has 1 heterocycles. The maximum Gasteiger partial charge on any atom is 0.331 e. The summed E-state index contributed by atoms with van der Waals surface area (Å²) >= 11 is 0. The zero-order valence-corrected chi connectivity index (χ0v) is 14.4. The molecule has 5 atom stereocenters. The highest BCUT2D eigenvalue weighted by Gasteiger charge is 2.43. The van der Waals surface area contributed by atoms with Gasteiger partial charge in [0.05, 0.1) is 24.8 Å². The van der Waals surface area contributed by atoms with Gasteiger partial charge in [-0.1, -0.05) is 6.08 Å². The fourth-order valence-corrected chi connectivity index (χ4v) is 3.69. The summed E-state index contributed by atoms with van der Waals surface area (Å²) in [4.78, 5) is 25.2. The topological polar surface area (TPSA) is 114 Å². The Morgan fingerprint density at radius 2 is 2.17 bits per heavy atom. The molecule has 8 nitrogen and oxygen atoms in total. The van der Waals surface area contributed by atoms with Crippen LogP contribution in [0.5, 0.6) is 0 Å². The Hall–Kier alpha value is -1.48. The molecule has 1 amide bonds. The third-order valence-corrected chi connectivity index (χ3v) is 4.80. The zero-order chi connectivity index (χ0) is 17.9. The fraction of sp³-hybridized carbons (Fsp3) is 0.750. The molecule has 0 spiro atoms. The molecule has 1 saturated heterocycles. The maximum absolute atomic E-state index is 11.6. The van der Waals surface area contributed by atoms with Crippen molar-refractivity contribution in [1.29, 1.82) is 0 Å². The van der Waals surface area contributed by atoms with E-state index in [-0.39, 0.29) is 42.1 Å². The van der Waals surface area contributed by atoms with Crippen molar-refractivity contribution in [3.8, 4) is 0 Å². The maximum atomic E-state index is 11.6. The average Bonchev–Trinajstić information content (AvgIpc) is 2.92. The first-order valence-electron chi connectivity index (χ1n) is 8.11. The van der Waals surface area contributed by atoms with Crippen molar-refractivity contribution in [3.63, 3.8) is 0 Å². The molecule has 0 radical (unpaired) electrons. The predicted molar refractivity (Wildman–Crippen MR) is 87.5 cm³/mol. The number of aliphatic carboxylic acids is 1. The number of amides is 1. The van der Waals surface area contributed by atoms with Crippen molar-refractivity contribution >= 4 is 11.9 Å². The number of carbonyl (C=O) groups is 2. The first-order valence-corrected chi connectivity index (χ1v) is 8.11. The molecule has 0 bridgehead atoms. The minimum Gasteiger partial charge on any atom is -0.478 e. The number of likely N-dealkylation sites (tertiary alicyclic amines) is 1. The van der Waals surface area contributed by atoms with E-state index in [1.165, 1.54) is 6.92 Å². The average molecular weight is 341 g/mol. The van der Waals surface area contributed by atoms with Gasteiger partial charge in [-0.05, 0) is 12.8 Å². The summed E-state index contributed by atoms with van der Waals surface area (Å²) in [6.07, 6.45) is 2.78. The molecule has 0 unspecified atom stereocenters. The molecule has 0 saturated carbocycles. The minimum absolute atomic E-state index is 0.0444. The summed E-state index contributed by atoms with van der Waals surface area (Å²) < 4.78 is 10.8. The Bertz CT molecular complexity index is 510. The number of rotatable bonds is 6. The normalized spacial score (nSPS) is 34.0. The smallest absolute Gasteiger partial charge is 0.331 e. The molecule has 0 aromatic heterocycles. The van der Waals surface area contributed by atoms with Crippen LogP contribution in [-0.4, -0.2) is 79.5 Å². The van der Waals surface area contributed by atoms with E-state index < -0.39 is 12.0 Å². The quantitative estimate of drug-likeness (QED) is 0.587. The summed E-state index contributed by atoms with van der Waals surface area (Å²) in [5.41, 5.74) is 6.48. The third-order valence-electron chi connectivity index (χ3n) is 4.80. The van der Waals surface area contributed by atoms with Gasteiger partial charge in [-0.2, -0.15) is 0 Å². The lowest BCUT2D eigenvalue weighted by Gasteiger charge is -2.41. The summed E-state index contributed by atoms with van der Waals surface area (Å²) in [5.74, 6) is -1.15. The number of hydrogen-bond donors (Lipinski definition) is 3. The van der Waals surface area contributed by atoms with E-state index >= 15 is 0 Å². The van der Waals surface area contributed by atoms with Crippen molar-refractivity contribution in [2.75, 3.05) is 27.4 Å². The van der Waals surface area contributed by atoms with E-state index in [1.807, 2.05) is 0 Å². The highest BCUT2D eigenvalue weighted by Crippen LogP contribution is 2.30. The lowest BCUT2D eigenvalue weighted by Crippen LogP contribution is -2.62. The second-order valence-electron chi connectivity index (χ2n) is 6.48. The Balaban J connectivity index is 2.33. The zero-order valence-electron chi connectivity index (χ0n) is 14.4. The van der Waals surface area contributed by atoms with Gasteiger partial charge in [-0.25, -0.2) is 4.79 Å². The summed E-state index contributed by atoms with van der Waals surface area (Å²) in [6, 6.07) is -1.03. The van der Waals surface area contributed by atoms with E-state index in [4.69, 9.17) is 15.2 Å². The van der Waals surface area contributed by atoms with Crippen LogP contribution in [0.3, 0.4) is 0 Å². The molecule has 4 N–H and O–H groups in total. The molecule has 24 heavy (non-hydrogen) atoms. The predicted octanol–water partition coefficient (Wildman–Crippen LogP) is -0.663. The van der Waals surface area contributed by atoms with Gasteiger partial charge in [0.2, 0.25) is 5.91 Å². The number of hydrogen-bond acceptors (Lipinski definition) is 6. The van der Waals surface area contributed by atoms with Crippen LogP contribution in [0, 0.1) is 0 Å². The highest BCUT2D eigenvalue weighted by molar-refractivity contribution is 5.87. The van der Waals surface area contributed by atoms with Crippen LogP contribution in [0.1, 0.15) is 19.8 Å².